The average Bonchev–Trinajstić information content (AvgIpc) is 3.03. The van der Waals surface area contributed by atoms with Crippen LogP contribution < -0.4 is 4.74 Å². The van der Waals surface area contributed by atoms with Gasteiger partial charge in [-0.15, -0.1) is 11.3 Å². The molecule has 0 saturated heterocycles. The number of ether oxygens (including phenoxy) is 2. The second-order valence-corrected chi connectivity index (χ2v) is 7.85. The summed E-state index contributed by atoms with van der Waals surface area (Å²) in [7, 11) is 4.12. The summed E-state index contributed by atoms with van der Waals surface area (Å²) in [5.74, 6) is 0.642. The fourth-order valence-electron chi connectivity index (χ4n) is 3.05. The molecule has 0 aliphatic rings. The van der Waals surface area contributed by atoms with Gasteiger partial charge in [-0.1, -0.05) is 12.1 Å². The highest BCUT2D eigenvalue weighted by molar-refractivity contribution is 7.19. The van der Waals surface area contributed by atoms with Crippen LogP contribution in [0, 0.1) is 0 Å². The van der Waals surface area contributed by atoms with Crippen LogP contribution in [0.3, 0.4) is 0 Å². The van der Waals surface area contributed by atoms with Crippen LogP contribution in [0.25, 0.3) is 21.3 Å². The topological polar surface area (TPSA) is 51.7 Å². The summed E-state index contributed by atoms with van der Waals surface area (Å²) in [6, 6.07) is 12.0. The minimum absolute atomic E-state index is 0.212. The minimum atomic E-state index is -0.212. The molecule has 0 aliphatic carbocycles. The number of pyridine rings is 1. The number of nitrogens with zero attached hydrogens (tertiary/aromatic N) is 2. The highest BCUT2D eigenvalue weighted by Crippen LogP contribution is 2.38. The van der Waals surface area contributed by atoms with Crippen molar-refractivity contribution in [3.8, 4) is 16.9 Å². The van der Waals surface area contributed by atoms with Crippen molar-refractivity contribution >= 4 is 27.5 Å². The van der Waals surface area contributed by atoms with Crippen LogP contribution in [-0.2, 0) is 16.0 Å². The second kappa shape index (κ2) is 9.66. The first kappa shape index (κ1) is 20.3. The molecule has 6 heteroatoms. The Morgan fingerprint density at radius 2 is 1.96 bits per heavy atom. The van der Waals surface area contributed by atoms with Crippen LogP contribution in [0.5, 0.6) is 5.75 Å². The molecule has 0 aliphatic heterocycles. The van der Waals surface area contributed by atoms with Crippen molar-refractivity contribution in [1.82, 2.24) is 9.88 Å². The van der Waals surface area contributed by atoms with E-state index in [9.17, 15) is 4.79 Å². The van der Waals surface area contributed by atoms with Crippen LogP contribution in [0.4, 0.5) is 0 Å². The molecular formula is C22H26N2O3S. The maximum atomic E-state index is 12.1. The lowest BCUT2D eigenvalue weighted by Gasteiger charge is -2.11. The Balaban J connectivity index is 1.82. The summed E-state index contributed by atoms with van der Waals surface area (Å²) < 4.78 is 11.0. The lowest BCUT2D eigenvalue weighted by Crippen LogP contribution is -2.15. The van der Waals surface area contributed by atoms with E-state index >= 15 is 0 Å². The Morgan fingerprint density at radius 3 is 2.68 bits per heavy atom. The summed E-state index contributed by atoms with van der Waals surface area (Å²) >= 11 is 1.55. The van der Waals surface area contributed by atoms with Gasteiger partial charge in [0.15, 0.2) is 0 Å². The Kier molecular flexibility index (Phi) is 7.01. The first-order valence-corrected chi connectivity index (χ1v) is 10.3. The maximum absolute atomic E-state index is 12.1. The zero-order chi connectivity index (χ0) is 19.9. The number of carbonyl (C=O) groups excluding carboxylic acids is 1. The normalized spacial score (nSPS) is 11.1. The van der Waals surface area contributed by atoms with E-state index in [2.05, 4.69) is 30.0 Å². The molecule has 1 aromatic carbocycles. The minimum Gasteiger partial charge on any atom is -0.494 e. The van der Waals surface area contributed by atoms with Gasteiger partial charge in [0.25, 0.3) is 0 Å². The second-order valence-electron chi connectivity index (χ2n) is 6.77. The smallest absolute Gasteiger partial charge is 0.311 e. The van der Waals surface area contributed by atoms with E-state index in [-0.39, 0.29) is 12.4 Å². The molecular weight excluding hydrogens is 372 g/mol. The summed E-state index contributed by atoms with van der Waals surface area (Å²) in [5, 5.41) is 1.06. The first-order chi connectivity index (χ1) is 13.6. The quantitative estimate of drug-likeness (QED) is 0.395. The van der Waals surface area contributed by atoms with Crippen molar-refractivity contribution in [1.29, 1.82) is 0 Å². The highest BCUT2D eigenvalue weighted by atomic mass is 32.1. The van der Waals surface area contributed by atoms with Gasteiger partial charge < -0.3 is 14.4 Å². The zero-order valence-corrected chi connectivity index (χ0v) is 17.4. The number of fused-ring (bicyclic) bond motifs is 1. The largest absolute Gasteiger partial charge is 0.494 e. The predicted octanol–water partition coefficient (Wildman–Crippen LogP) is 4.40. The van der Waals surface area contributed by atoms with Crippen molar-refractivity contribution in [2.24, 2.45) is 0 Å². The molecule has 28 heavy (non-hydrogen) atoms. The third-order valence-corrected chi connectivity index (χ3v) is 5.42. The van der Waals surface area contributed by atoms with E-state index in [1.807, 2.05) is 37.3 Å². The number of hydrogen-bond donors (Lipinski definition) is 0. The van der Waals surface area contributed by atoms with Crippen molar-refractivity contribution < 1.29 is 14.3 Å². The summed E-state index contributed by atoms with van der Waals surface area (Å²) in [6.07, 6.45) is 3.02. The van der Waals surface area contributed by atoms with E-state index in [1.54, 1.807) is 17.5 Å². The molecule has 0 radical (unpaired) electrons. The molecule has 0 saturated carbocycles. The van der Waals surface area contributed by atoms with Crippen molar-refractivity contribution in [2.45, 2.75) is 19.8 Å². The van der Waals surface area contributed by atoms with E-state index in [1.165, 1.54) is 0 Å². The van der Waals surface area contributed by atoms with Crippen molar-refractivity contribution in [3.05, 3.63) is 47.5 Å². The lowest BCUT2D eigenvalue weighted by atomic mass is 10.0. The van der Waals surface area contributed by atoms with Crippen LogP contribution in [0.15, 0.2) is 42.6 Å². The zero-order valence-electron chi connectivity index (χ0n) is 16.6. The Hall–Kier alpha value is -2.44. The molecule has 2 aromatic heterocycles. The maximum Gasteiger partial charge on any atom is 0.311 e. The van der Waals surface area contributed by atoms with Gasteiger partial charge in [-0.05, 0) is 57.3 Å². The summed E-state index contributed by atoms with van der Waals surface area (Å²) in [6.45, 7) is 3.90. The van der Waals surface area contributed by atoms with Gasteiger partial charge in [-0.2, -0.15) is 0 Å². The molecule has 5 nitrogen and oxygen atoms in total. The standard InChI is InChI=1S/C22H26N2O3S/c1-4-26-20(25)15-19-21(18-7-5-12-23-22(18)28-19)16-8-10-17(11-9-16)27-14-6-13-24(2)3/h5,7-12H,4,6,13-15H2,1-3H3. The third kappa shape index (κ3) is 5.09. The van der Waals surface area contributed by atoms with Gasteiger partial charge >= 0.3 is 5.97 Å². The molecule has 2 heterocycles. The van der Waals surface area contributed by atoms with Gasteiger partial charge in [0.05, 0.1) is 19.6 Å². The summed E-state index contributed by atoms with van der Waals surface area (Å²) in [4.78, 5) is 20.6. The lowest BCUT2D eigenvalue weighted by molar-refractivity contribution is -0.142. The third-order valence-electron chi connectivity index (χ3n) is 4.31. The van der Waals surface area contributed by atoms with Crippen molar-refractivity contribution in [3.63, 3.8) is 0 Å². The number of aromatic nitrogens is 1. The van der Waals surface area contributed by atoms with Crippen LogP contribution in [0.1, 0.15) is 18.2 Å². The molecule has 0 bridgehead atoms. The van der Waals surface area contributed by atoms with Gasteiger partial charge in [-0.25, -0.2) is 4.98 Å². The van der Waals surface area contributed by atoms with Crippen LogP contribution >= 0.6 is 11.3 Å². The van der Waals surface area contributed by atoms with Gasteiger partial charge in [0.2, 0.25) is 0 Å². The van der Waals surface area contributed by atoms with Crippen LogP contribution in [-0.4, -0.2) is 49.7 Å². The molecule has 0 fully saturated rings. The van der Waals surface area contributed by atoms with Crippen LogP contribution in [0.2, 0.25) is 0 Å². The molecule has 3 rings (SSSR count). The van der Waals surface area contributed by atoms with E-state index < -0.39 is 0 Å². The first-order valence-electron chi connectivity index (χ1n) is 9.48. The van der Waals surface area contributed by atoms with E-state index in [0.717, 1.165) is 44.9 Å². The number of esters is 1. The summed E-state index contributed by atoms with van der Waals surface area (Å²) in [5.41, 5.74) is 2.11. The van der Waals surface area contributed by atoms with Gasteiger partial charge in [-0.3, -0.25) is 4.79 Å². The fraction of sp³-hybridized carbons (Fsp3) is 0.364. The average molecular weight is 399 g/mol. The number of hydrogen-bond acceptors (Lipinski definition) is 6. The Bertz CT molecular complexity index is 919. The molecule has 0 atom stereocenters. The van der Waals surface area contributed by atoms with Gasteiger partial charge in [0, 0.05) is 28.6 Å². The number of carbonyl (C=O) groups is 1. The monoisotopic (exact) mass is 398 g/mol. The predicted molar refractivity (Wildman–Crippen MR) is 114 cm³/mol. The molecule has 0 unspecified atom stereocenters. The van der Waals surface area contributed by atoms with Crippen molar-refractivity contribution in [2.75, 3.05) is 33.9 Å². The van der Waals surface area contributed by atoms with Gasteiger partial charge in [0.1, 0.15) is 10.6 Å². The fourth-order valence-corrected chi connectivity index (χ4v) is 4.20. The molecule has 148 valence electrons. The molecule has 0 spiro atoms. The molecule has 3 aromatic rings. The SMILES string of the molecule is CCOC(=O)Cc1sc2ncccc2c1-c1ccc(OCCCN(C)C)cc1. The van der Waals surface area contributed by atoms with E-state index in [0.29, 0.717) is 13.2 Å². The molecule has 0 N–H and O–H groups in total. The number of thiophene rings is 1. The highest BCUT2D eigenvalue weighted by Gasteiger charge is 2.18. The number of benzene rings is 1. The Morgan fingerprint density at radius 1 is 1.18 bits per heavy atom. The van der Waals surface area contributed by atoms with E-state index in [4.69, 9.17) is 9.47 Å². The molecule has 0 amide bonds. The number of rotatable bonds is 9. The Labute approximate surface area is 169 Å².